The first-order valence-corrected chi connectivity index (χ1v) is 3.19. The van der Waals surface area contributed by atoms with E-state index in [0.717, 1.165) is 0 Å². The van der Waals surface area contributed by atoms with E-state index in [-0.39, 0.29) is 6.73 Å². The summed E-state index contributed by atoms with van der Waals surface area (Å²) >= 11 is 0. The number of carbonyl (C=O) groups excluding carboxylic acids is 1. The number of hydrogen-bond acceptors (Lipinski definition) is 4. The van der Waals surface area contributed by atoms with Gasteiger partial charge in [0.25, 0.3) is 0 Å². The number of rotatable bonds is 2. The molecule has 0 bridgehead atoms. The fourth-order valence-electron chi connectivity index (χ4n) is 0.405. The largest absolute Gasteiger partial charge is 0.444 e. The van der Waals surface area contributed by atoms with Crippen molar-refractivity contribution in [1.82, 2.24) is 5.32 Å². The van der Waals surface area contributed by atoms with Crippen molar-refractivity contribution in [1.29, 1.82) is 0 Å². The molecule has 0 aliphatic heterocycles. The van der Waals surface area contributed by atoms with Gasteiger partial charge in [-0.2, -0.15) is 0 Å². The van der Waals surface area contributed by atoms with Crippen molar-refractivity contribution in [3.63, 3.8) is 0 Å². The van der Waals surface area contributed by atoms with Gasteiger partial charge in [0, 0.05) is 0 Å². The molecule has 0 aliphatic rings. The predicted molar refractivity (Wildman–Crippen MR) is 38.0 cm³/mol. The van der Waals surface area contributed by atoms with Crippen molar-refractivity contribution in [3.8, 4) is 0 Å². The summed E-state index contributed by atoms with van der Waals surface area (Å²) in [5.41, 5.74) is -0.528. The maximum Gasteiger partial charge on any atom is 0.409 e. The maximum absolute atomic E-state index is 10.7. The quantitative estimate of drug-likeness (QED) is 0.361. The van der Waals surface area contributed by atoms with Gasteiger partial charge in [0.1, 0.15) is 5.60 Å². The fraction of sp³-hybridized carbons (Fsp3) is 0.833. The van der Waals surface area contributed by atoms with Crippen molar-refractivity contribution in [2.45, 2.75) is 26.4 Å². The number of amides is 1. The van der Waals surface area contributed by atoms with Gasteiger partial charge in [0.15, 0.2) is 6.73 Å². The van der Waals surface area contributed by atoms with Crippen LogP contribution in [0.2, 0.25) is 0 Å². The van der Waals surface area contributed by atoms with Crippen molar-refractivity contribution in [2.75, 3.05) is 6.73 Å². The van der Waals surface area contributed by atoms with Crippen LogP contribution in [0.3, 0.4) is 0 Å². The standard InChI is InChI=1S/C6H13NO4/c1-6(2,3)11-5(8)7-4-10-9/h9H,4H2,1-3H3,(H,7,8). The first-order valence-electron chi connectivity index (χ1n) is 3.19. The van der Waals surface area contributed by atoms with Gasteiger partial charge >= 0.3 is 6.09 Å². The zero-order chi connectivity index (χ0) is 8.91. The Bertz CT molecular complexity index is 129. The van der Waals surface area contributed by atoms with Crippen LogP contribution in [0, 0.1) is 0 Å². The average molecular weight is 163 g/mol. The third-order valence-electron chi connectivity index (χ3n) is 0.680. The highest BCUT2D eigenvalue weighted by atomic mass is 17.1. The number of carbonyl (C=O) groups is 1. The van der Waals surface area contributed by atoms with E-state index >= 15 is 0 Å². The summed E-state index contributed by atoms with van der Waals surface area (Å²) in [6, 6.07) is 0. The van der Waals surface area contributed by atoms with Crippen molar-refractivity contribution >= 4 is 6.09 Å². The number of ether oxygens (including phenoxy) is 1. The summed E-state index contributed by atoms with van der Waals surface area (Å²) in [4.78, 5) is 14.3. The summed E-state index contributed by atoms with van der Waals surface area (Å²) < 4.78 is 4.80. The molecule has 0 heterocycles. The monoisotopic (exact) mass is 163 g/mol. The molecule has 0 fully saturated rings. The van der Waals surface area contributed by atoms with E-state index in [1.165, 1.54) is 0 Å². The molecule has 0 aromatic carbocycles. The molecule has 11 heavy (non-hydrogen) atoms. The second kappa shape index (κ2) is 4.15. The van der Waals surface area contributed by atoms with Crippen LogP contribution < -0.4 is 5.32 Å². The van der Waals surface area contributed by atoms with Gasteiger partial charge < -0.3 is 4.74 Å². The van der Waals surface area contributed by atoms with Gasteiger partial charge in [-0.1, -0.05) is 0 Å². The van der Waals surface area contributed by atoms with Gasteiger partial charge in [-0.3, -0.25) is 5.32 Å². The van der Waals surface area contributed by atoms with Crippen LogP contribution in [-0.2, 0) is 9.62 Å². The normalized spacial score (nSPS) is 10.9. The Morgan fingerprint density at radius 1 is 1.55 bits per heavy atom. The molecule has 0 unspecified atom stereocenters. The maximum atomic E-state index is 10.7. The molecule has 5 nitrogen and oxygen atoms in total. The van der Waals surface area contributed by atoms with E-state index in [1.807, 2.05) is 0 Å². The highest BCUT2D eigenvalue weighted by Gasteiger charge is 2.15. The number of hydrogen-bond donors (Lipinski definition) is 2. The highest BCUT2D eigenvalue weighted by molar-refractivity contribution is 5.67. The molecule has 0 aromatic rings. The van der Waals surface area contributed by atoms with Gasteiger partial charge in [0.05, 0.1) is 0 Å². The summed E-state index contributed by atoms with van der Waals surface area (Å²) in [5.74, 6) is 0. The molecule has 0 radical (unpaired) electrons. The topological polar surface area (TPSA) is 67.8 Å². The molecular formula is C6H13NO4. The van der Waals surface area contributed by atoms with Crippen LogP contribution in [0.5, 0.6) is 0 Å². The van der Waals surface area contributed by atoms with E-state index in [0.29, 0.717) is 0 Å². The Kier molecular flexibility index (Phi) is 3.84. The Balaban J connectivity index is 3.53. The first-order chi connectivity index (χ1) is 4.95. The lowest BCUT2D eigenvalue weighted by atomic mass is 10.2. The van der Waals surface area contributed by atoms with Crippen molar-refractivity contribution in [2.24, 2.45) is 0 Å². The lowest BCUT2D eigenvalue weighted by molar-refractivity contribution is -0.246. The minimum absolute atomic E-state index is 0.269. The van der Waals surface area contributed by atoms with Gasteiger partial charge in [-0.25, -0.2) is 14.9 Å². The van der Waals surface area contributed by atoms with Crippen LogP contribution >= 0.6 is 0 Å². The molecule has 66 valence electrons. The summed E-state index contributed by atoms with van der Waals surface area (Å²) in [6.07, 6.45) is -0.619. The molecule has 0 aromatic heterocycles. The summed E-state index contributed by atoms with van der Waals surface area (Å²) in [5, 5.41) is 10.00. The second-order valence-electron chi connectivity index (χ2n) is 2.95. The summed E-state index contributed by atoms with van der Waals surface area (Å²) in [6.45, 7) is 4.96. The van der Waals surface area contributed by atoms with Crippen LogP contribution in [-0.4, -0.2) is 23.7 Å². The Morgan fingerprint density at radius 2 is 2.09 bits per heavy atom. The summed E-state index contributed by atoms with van der Waals surface area (Å²) in [7, 11) is 0. The van der Waals surface area contributed by atoms with E-state index < -0.39 is 11.7 Å². The van der Waals surface area contributed by atoms with E-state index in [2.05, 4.69) is 10.2 Å². The van der Waals surface area contributed by atoms with Crippen molar-refractivity contribution < 1.29 is 19.7 Å². The van der Waals surface area contributed by atoms with Gasteiger partial charge in [0.2, 0.25) is 0 Å². The van der Waals surface area contributed by atoms with E-state index in [4.69, 9.17) is 9.99 Å². The molecule has 2 N–H and O–H groups in total. The minimum Gasteiger partial charge on any atom is -0.444 e. The Morgan fingerprint density at radius 3 is 2.45 bits per heavy atom. The Labute approximate surface area is 65.2 Å². The molecule has 0 atom stereocenters. The Hall–Kier alpha value is -0.810. The average Bonchev–Trinajstić information content (AvgIpc) is 1.79. The zero-order valence-corrected chi connectivity index (χ0v) is 6.88. The number of nitrogens with one attached hydrogen (secondary N) is 1. The predicted octanol–water partition coefficient (Wildman–Crippen LogP) is 0.958. The van der Waals surface area contributed by atoms with E-state index in [1.54, 1.807) is 20.8 Å². The van der Waals surface area contributed by atoms with E-state index in [9.17, 15) is 4.79 Å². The lowest BCUT2D eigenvalue weighted by Crippen LogP contribution is -2.33. The molecule has 1 amide bonds. The SMILES string of the molecule is CC(C)(C)OC(=O)NCOO. The van der Waals surface area contributed by atoms with Crippen LogP contribution in [0.1, 0.15) is 20.8 Å². The van der Waals surface area contributed by atoms with Crippen LogP contribution in [0.15, 0.2) is 0 Å². The van der Waals surface area contributed by atoms with Crippen LogP contribution in [0.25, 0.3) is 0 Å². The fourth-order valence-corrected chi connectivity index (χ4v) is 0.405. The van der Waals surface area contributed by atoms with Gasteiger partial charge in [-0.05, 0) is 20.8 Å². The molecule has 0 rings (SSSR count). The highest BCUT2D eigenvalue weighted by Crippen LogP contribution is 2.05. The lowest BCUT2D eigenvalue weighted by Gasteiger charge is -2.19. The zero-order valence-electron chi connectivity index (χ0n) is 6.88. The first kappa shape index (κ1) is 10.2. The molecule has 0 saturated carbocycles. The van der Waals surface area contributed by atoms with Crippen molar-refractivity contribution in [3.05, 3.63) is 0 Å². The molecular weight excluding hydrogens is 150 g/mol. The molecule has 0 saturated heterocycles. The molecule has 0 aliphatic carbocycles. The van der Waals surface area contributed by atoms with Crippen LogP contribution in [0.4, 0.5) is 4.79 Å². The third kappa shape index (κ3) is 7.08. The van der Waals surface area contributed by atoms with Gasteiger partial charge in [-0.15, -0.1) is 0 Å². The third-order valence-corrected chi connectivity index (χ3v) is 0.680. The second-order valence-corrected chi connectivity index (χ2v) is 2.95. The molecule has 5 heteroatoms. The minimum atomic E-state index is -0.619. The number of alkyl carbamates (subject to hydrolysis) is 1. The smallest absolute Gasteiger partial charge is 0.409 e. The molecule has 0 spiro atoms.